The molecular formula is C31H50N4O7. The number of alkyl carbamates (subject to hydrolysis) is 1. The molecule has 11 heteroatoms. The maximum absolute atomic E-state index is 14.4. The number of aryl methyl sites for hydroxylation is 2. The molecule has 0 aliphatic heterocycles. The molecule has 0 heterocycles. The number of nitrogens with two attached hydrogens (primary N) is 1. The van der Waals surface area contributed by atoms with Crippen LogP contribution in [0, 0.1) is 19.8 Å². The lowest BCUT2D eigenvalue weighted by Crippen LogP contribution is -2.56. The summed E-state index contributed by atoms with van der Waals surface area (Å²) in [5, 5.41) is 5.30. The molecule has 0 saturated carbocycles. The van der Waals surface area contributed by atoms with Crippen LogP contribution in [0.3, 0.4) is 0 Å². The topological polar surface area (TPSA) is 157 Å². The van der Waals surface area contributed by atoms with E-state index in [1.807, 2.05) is 39.0 Å². The van der Waals surface area contributed by atoms with Gasteiger partial charge in [0.25, 0.3) is 0 Å². The number of carbonyl (C=O) groups is 5. The van der Waals surface area contributed by atoms with Crippen molar-refractivity contribution in [2.45, 2.75) is 112 Å². The van der Waals surface area contributed by atoms with Crippen LogP contribution < -0.4 is 16.4 Å². The van der Waals surface area contributed by atoms with E-state index in [1.54, 1.807) is 27.7 Å². The monoisotopic (exact) mass is 590 g/mol. The van der Waals surface area contributed by atoms with Gasteiger partial charge in [-0.25, -0.2) is 4.79 Å². The zero-order valence-electron chi connectivity index (χ0n) is 26.7. The molecule has 1 aromatic rings. The number of rotatable bonds is 15. The zero-order valence-corrected chi connectivity index (χ0v) is 26.7. The first-order valence-corrected chi connectivity index (χ1v) is 14.6. The van der Waals surface area contributed by atoms with Crippen LogP contribution in [0.15, 0.2) is 18.2 Å². The molecule has 4 N–H and O–H groups in total. The Labute approximate surface area is 250 Å². The number of amides is 4. The van der Waals surface area contributed by atoms with Crippen LogP contribution in [-0.2, 0) is 28.7 Å². The number of nitrogens with one attached hydrogen (secondary N) is 2. The van der Waals surface area contributed by atoms with E-state index in [9.17, 15) is 24.0 Å². The Balaban J connectivity index is 3.68. The average molecular weight is 591 g/mol. The van der Waals surface area contributed by atoms with Crippen LogP contribution in [0.1, 0.15) is 96.9 Å². The van der Waals surface area contributed by atoms with Crippen molar-refractivity contribution >= 4 is 29.8 Å². The number of primary amides is 1. The molecule has 0 fully saturated rings. The number of benzene rings is 1. The summed E-state index contributed by atoms with van der Waals surface area (Å²) < 4.78 is 10.3. The predicted molar refractivity (Wildman–Crippen MR) is 160 cm³/mol. The van der Waals surface area contributed by atoms with Gasteiger partial charge in [0.05, 0.1) is 19.4 Å². The molecule has 0 radical (unpaired) electrons. The Morgan fingerprint density at radius 3 is 2.10 bits per heavy atom. The first-order valence-electron chi connectivity index (χ1n) is 14.6. The minimum atomic E-state index is -1.38. The second-order valence-corrected chi connectivity index (χ2v) is 12.0. The van der Waals surface area contributed by atoms with Crippen LogP contribution >= 0.6 is 0 Å². The molecule has 0 aliphatic carbocycles. The molecular weight excluding hydrogens is 540 g/mol. The Morgan fingerprint density at radius 2 is 1.60 bits per heavy atom. The average Bonchev–Trinajstić information content (AvgIpc) is 2.84. The molecule has 11 nitrogen and oxygen atoms in total. The summed E-state index contributed by atoms with van der Waals surface area (Å²) in [7, 11) is 0. The largest absolute Gasteiger partial charge is 0.466 e. The Bertz CT molecular complexity index is 1080. The van der Waals surface area contributed by atoms with Gasteiger partial charge in [0.15, 0.2) is 0 Å². The lowest BCUT2D eigenvalue weighted by atomic mass is 9.91. The highest BCUT2D eigenvalue weighted by molar-refractivity contribution is 5.95. The normalized spacial score (nSPS) is 13.5. The second kappa shape index (κ2) is 16.7. The van der Waals surface area contributed by atoms with Gasteiger partial charge in [0.2, 0.25) is 17.7 Å². The minimum Gasteiger partial charge on any atom is -0.466 e. The number of ether oxygens (including phenoxy) is 2. The summed E-state index contributed by atoms with van der Waals surface area (Å²) >= 11 is 0. The summed E-state index contributed by atoms with van der Waals surface area (Å²) in [5.41, 5.74) is 6.82. The first kappa shape index (κ1) is 36.4. The molecule has 236 valence electrons. The van der Waals surface area contributed by atoms with Crippen molar-refractivity contribution in [1.82, 2.24) is 15.5 Å². The quantitative estimate of drug-likeness (QED) is 0.262. The number of esters is 1. The third kappa shape index (κ3) is 12.1. The Morgan fingerprint density at radius 1 is 1.00 bits per heavy atom. The maximum Gasteiger partial charge on any atom is 0.408 e. The van der Waals surface area contributed by atoms with Gasteiger partial charge in [-0.3, -0.25) is 19.2 Å². The number of hydrogen-bond donors (Lipinski definition) is 3. The van der Waals surface area contributed by atoms with Crippen molar-refractivity contribution < 1.29 is 33.4 Å². The molecule has 0 aromatic heterocycles. The highest BCUT2D eigenvalue weighted by atomic mass is 16.6. The van der Waals surface area contributed by atoms with Crippen LogP contribution in [0.5, 0.6) is 0 Å². The van der Waals surface area contributed by atoms with E-state index in [0.29, 0.717) is 17.9 Å². The van der Waals surface area contributed by atoms with E-state index < -0.39 is 59.9 Å². The number of nitrogens with zero attached hydrogens (tertiary/aromatic N) is 1. The van der Waals surface area contributed by atoms with Crippen molar-refractivity contribution in [1.29, 1.82) is 0 Å². The van der Waals surface area contributed by atoms with Crippen LogP contribution in [0.25, 0.3) is 0 Å². The molecule has 1 rings (SSSR count). The lowest BCUT2D eigenvalue weighted by Gasteiger charge is -2.39. The maximum atomic E-state index is 14.4. The van der Waals surface area contributed by atoms with E-state index >= 15 is 0 Å². The standard InChI is InChI=1S/C31H50N4O7/c1-10-41-25(37)16-17-33-28(38)27(26-20(4)12-11-13-21(26)5)35(22(6)15-14-19(2)3)29(39)23(18-24(32)36)34-30(40)42-31(7,8)9/h11-13,19,22-23,27H,10,14-18H2,1-9H3,(H2,32,36)(H,33,38)(H,34,40). The molecule has 4 amide bonds. The van der Waals surface area contributed by atoms with E-state index in [-0.39, 0.29) is 19.6 Å². The van der Waals surface area contributed by atoms with Crippen molar-refractivity contribution in [3.63, 3.8) is 0 Å². The highest BCUT2D eigenvalue weighted by Gasteiger charge is 2.40. The van der Waals surface area contributed by atoms with Gasteiger partial charge in [-0.05, 0) is 83.9 Å². The Hall–Kier alpha value is -3.63. The molecule has 1 aromatic carbocycles. The summed E-state index contributed by atoms with van der Waals surface area (Å²) in [6.07, 6.45) is -0.110. The van der Waals surface area contributed by atoms with E-state index in [4.69, 9.17) is 15.2 Å². The molecule has 0 saturated heterocycles. The van der Waals surface area contributed by atoms with Gasteiger partial charge in [0, 0.05) is 12.6 Å². The SMILES string of the molecule is CCOC(=O)CCNC(=O)C(c1c(C)cccc1C)N(C(=O)C(CC(N)=O)NC(=O)OC(C)(C)C)C(C)CCC(C)C. The fraction of sp³-hybridized carbons (Fsp3) is 0.645. The van der Waals surface area contributed by atoms with Crippen molar-refractivity contribution in [2.75, 3.05) is 13.2 Å². The van der Waals surface area contributed by atoms with Gasteiger partial charge in [-0.15, -0.1) is 0 Å². The lowest BCUT2D eigenvalue weighted by molar-refractivity contribution is -0.146. The zero-order chi connectivity index (χ0) is 32.2. The van der Waals surface area contributed by atoms with Crippen LogP contribution in [-0.4, -0.2) is 65.5 Å². The van der Waals surface area contributed by atoms with Crippen LogP contribution in [0.2, 0.25) is 0 Å². The first-order chi connectivity index (χ1) is 19.5. The van der Waals surface area contributed by atoms with Gasteiger partial charge in [0.1, 0.15) is 17.7 Å². The summed E-state index contributed by atoms with van der Waals surface area (Å²) in [6.45, 7) is 16.6. The van der Waals surface area contributed by atoms with Gasteiger partial charge < -0.3 is 30.7 Å². The predicted octanol–water partition coefficient (Wildman–Crippen LogP) is 3.84. The third-order valence-electron chi connectivity index (χ3n) is 6.56. The second-order valence-electron chi connectivity index (χ2n) is 12.0. The van der Waals surface area contributed by atoms with Crippen molar-refractivity contribution in [3.8, 4) is 0 Å². The third-order valence-corrected chi connectivity index (χ3v) is 6.56. The molecule has 3 unspecified atom stereocenters. The summed E-state index contributed by atoms with van der Waals surface area (Å²) in [5.74, 6) is -2.09. The minimum absolute atomic E-state index is 0.00236. The number of carbonyl (C=O) groups excluding carboxylic acids is 5. The molecule has 3 atom stereocenters. The molecule has 0 spiro atoms. The van der Waals surface area contributed by atoms with Gasteiger partial charge >= 0.3 is 12.1 Å². The Kier molecular flexibility index (Phi) is 14.5. The molecule has 0 aliphatic rings. The van der Waals surface area contributed by atoms with Gasteiger partial charge in [-0.1, -0.05) is 32.0 Å². The fourth-order valence-corrected chi connectivity index (χ4v) is 4.62. The smallest absolute Gasteiger partial charge is 0.408 e. The summed E-state index contributed by atoms with van der Waals surface area (Å²) in [6, 6.07) is 2.58. The molecule has 0 bridgehead atoms. The highest BCUT2D eigenvalue weighted by Crippen LogP contribution is 2.32. The molecule has 42 heavy (non-hydrogen) atoms. The summed E-state index contributed by atoms with van der Waals surface area (Å²) in [4.78, 5) is 66.5. The van der Waals surface area contributed by atoms with E-state index in [2.05, 4.69) is 24.5 Å². The van der Waals surface area contributed by atoms with Crippen LogP contribution in [0.4, 0.5) is 4.79 Å². The van der Waals surface area contributed by atoms with Gasteiger partial charge in [-0.2, -0.15) is 0 Å². The van der Waals surface area contributed by atoms with E-state index in [1.165, 1.54) is 4.90 Å². The fourth-order valence-electron chi connectivity index (χ4n) is 4.62. The van der Waals surface area contributed by atoms with Crippen molar-refractivity contribution in [3.05, 3.63) is 34.9 Å². The number of hydrogen-bond acceptors (Lipinski definition) is 7. The van der Waals surface area contributed by atoms with Crippen molar-refractivity contribution in [2.24, 2.45) is 11.7 Å². The van der Waals surface area contributed by atoms with E-state index in [0.717, 1.165) is 17.5 Å².